The third kappa shape index (κ3) is 4.76. The number of nitrogens with zero attached hydrogens (tertiary/aromatic N) is 1. The zero-order chi connectivity index (χ0) is 36.8. The van der Waals surface area contributed by atoms with Gasteiger partial charge in [-0.25, -0.2) is 0 Å². The van der Waals surface area contributed by atoms with Crippen LogP contribution in [0.15, 0.2) is 175 Å². The van der Waals surface area contributed by atoms with Crippen molar-refractivity contribution in [3.8, 4) is 33.7 Å². The summed E-state index contributed by atoms with van der Waals surface area (Å²) >= 11 is 0. The molecule has 55 heavy (non-hydrogen) atoms. The minimum absolute atomic E-state index is 0.169. The van der Waals surface area contributed by atoms with Crippen molar-refractivity contribution in [1.29, 1.82) is 0 Å². The van der Waals surface area contributed by atoms with E-state index in [4.69, 9.17) is 9.15 Å². The molecular weight excluding hydrogens is 671 g/mol. The van der Waals surface area contributed by atoms with Crippen LogP contribution in [0.25, 0.3) is 82.8 Å². The van der Waals surface area contributed by atoms with Gasteiger partial charge in [-0.1, -0.05) is 124 Å². The molecule has 1 aliphatic heterocycles. The number of rotatable bonds is 3. The molecule has 0 N–H and O–H groups in total. The lowest BCUT2D eigenvalue weighted by atomic mass is 9.80. The predicted molar refractivity (Wildman–Crippen MR) is 229 cm³/mol. The number of furan rings is 1. The number of para-hydroxylation sites is 3. The van der Waals surface area contributed by atoms with E-state index in [-0.39, 0.29) is 5.41 Å². The lowest BCUT2D eigenvalue weighted by Crippen LogP contribution is -2.15. The SMILES string of the molecule is C=C1/C=C\C=C(\c2ccc3c(c2)c2cc(-c4ccc5c(c4)-c4ccc6oc7ccccc7c6c4C5(C)C)ccc2n3-c2ccccc2)COc2ccccc21. The van der Waals surface area contributed by atoms with Gasteiger partial charge in [0, 0.05) is 38.2 Å². The monoisotopic (exact) mass is 707 g/mol. The Balaban J connectivity index is 1.07. The molecule has 0 bridgehead atoms. The van der Waals surface area contributed by atoms with Gasteiger partial charge in [0.05, 0.1) is 11.0 Å². The molecule has 2 aromatic heterocycles. The molecule has 0 atom stereocenters. The van der Waals surface area contributed by atoms with Crippen molar-refractivity contribution in [2.45, 2.75) is 19.3 Å². The first-order valence-electron chi connectivity index (χ1n) is 19.0. The number of benzene rings is 7. The van der Waals surface area contributed by atoms with E-state index in [0.717, 1.165) is 44.9 Å². The van der Waals surface area contributed by atoms with Crippen LogP contribution in [-0.2, 0) is 5.41 Å². The summed E-state index contributed by atoms with van der Waals surface area (Å²) < 4.78 is 15.2. The van der Waals surface area contributed by atoms with E-state index in [9.17, 15) is 0 Å². The number of hydrogen-bond acceptors (Lipinski definition) is 2. The average Bonchev–Trinajstić information content (AvgIpc) is 3.85. The maximum absolute atomic E-state index is 6.43. The van der Waals surface area contributed by atoms with Crippen LogP contribution in [0.1, 0.15) is 36.1 Å². The smallest absolute Gasteiger partial charge is 0.135 e. The summed E-state index contributed by atoms with van der Waals surface area (Å²) in [6.07, 6.45) is 6.31. The van der Waals surface area contributed by atoms with E-state index >= 15 is 0 Å². The van der Waals surface area contributed by atoms with Gasteiger partial charge in [-0.15, -0.1) is 0 Å². The molecule has 11 rings (SSSR count). The fourth-order valence-electron chi connectivity index (χ4n) is 9.19. The maximum atomic E-state index is 6.43. The van der Waals surface area contributed by atoms with Gasteiger partial charge in [0.2, 0.25) is 0 Å². The van der Waals surface area contributed by atoms with Crippen LogP contribution < -0.4 is 4.74 Å². The molecule has 0 unspecified atom stereocenters. The van der Waals surface area contributed by atoms with Crippen molar-refractivity contribution in [3.63, 3.8) is 0 Å². The molecule has 0 amide bonds. The highest BCUT2D eigenvalue weighted by atomic mass is 16.5. The molecule has 0 fully saturated rings. The van der Waals surface area contributed by atoms with Gasteiger partial charge in [0.1, 0.15) is 23.5 Å². The van der Waals surface area contributed by atoms with Crippen LogP contribution in [0.2, 0.25) is 0 Å². The van der Waals surface area contributed by atoms with Gasteiger partial charge in [-0.3, -0.25) is 0 Å². The number of allylic oxidation sites excluding steroid dienone is 4. The number of fused-ring (bicyclic) bond motifs is 11. The predicted octanol–water partition coefficient (Wildman–Crippen LogP) is 13.7. The minimum atomic E-state index is -0.169. The van der Waals surface area contributed by atoms with E-state index in [2.05, 4.69) is 165 Å². The highest BCUT2D eigenvalue weighted by molar-refractivity contribution is 6.13. The zero-order valence-electron chi connectivity index (χ0n) is 30.8. The lowest BCUT2D eigenvalue weighted by molar-refractivity contribution is 0.369. The van der Waals surface area contributed by atoms with Crippen LogP contribution in [0.3, 0.4) is 0 Å². The van der Waals surface area contributed by atoms with E-state index in [1.807, 2.05) is 24.3 Å². The van der Waals surface area contributed by atoms with Crippen LogP contribution in [0, 0.1) is 0 Å². The Kier molecular flexibility index (Phi) is 6.81. The Morgan fingerprint density at radius 3 is 2.16 bits per heavy atom. The number of hydrogen-bond donors (Lipinski definition) is 0. The first-order chi connectivity index (χ1) is 26.9. The fourth-order valence-corrected chi connectivity index (χ4v) is 9.19. The third-order valence-corrected chi connectivity index (χ3v) is 11.8. The lowest BCUT2D eigenvalue weighted by Gasteiger charge is -2.22. The Morgan fingerprint density at radius 1 is 0.600 bits per heavy atom. The summed E-state index contributed by atoms with van der Waals surface area (Å²) in [5.41, 5.74) is 17.1. The molecular formula is C52H37NO2. The molecule has 262 valence electrons. The number of ether oxygens (including phenoxy) is 1. The highest BCUT2D eigenvalue weighted by Crippen LogP contribution is 2.54. The standard InChI is InChI=1S/C52H37NO2/c1-32-12-11-13-36(31-54-47-18-9-7-16-38(32)47)35-22-26-46-43(30-35)42-29-34(21-25-45(42)53(46)37-14-5-4-6-15-37)33-20-24-44-41(28-33)39-23-27-49-50(51(39)52(44,2)3)40-17-8-10-19-48(40)55-49/h4-30H,1,31H2,2-3H3/b12-11-,36-13+. The topological polar surface area (TPSA) is 27.3 Å². The van der Waals surface area contributed by atoms with Crippen LogP contribution in [-0.4, -0.2) is 11.2 Å². The average molecular weight is 708 g/mol. The summed E-state index contributed by atoms with van der Waals surface area (Å²) in [6, 6.07) is 52.4. The van der Waals surface area contributed by atoms with Crippen molar-refractivity contribution < 1.29 is 9.15 Å². The highest BCUT2D eigenvalue weighted by Gasteiger charge is 2.38. The second-order valence-electron chi connectivity index (χ2n) is 15.3. The summed E-state index contributed by atoms with van der Waals surface area (Å²) in [5, 5.41) is 4.82. The van der Waals surface area contributed by atoms with Gasteiger partial charge >= 0.3 is 0 Å². The molecule has 3 nitrogen and oxygen atoms in total. The van der Waals surface area contributed by atoms with Crippen LogP contribution in [0.5, 0.6) is 5.75 Å². The Bertz CT molecular complexity index is 3130. The molecule has 0 saturated carbocycles. The molecule has 0 saturated heterocycles. The van der Waals surface area contributed by atoms with Gasteiger partial charge in [-0.05, 0) is 111 Å². The Hall–Kier alpha value is -6.84. The van der Waals surface area contributed by atoms with Crippen LogP contribution >= 0.6 is 0 Å². The fraction of sp³-hybridized carbons (Fsp3) is 0.0769. The molecule has 1 aliphatic carbocycles. The molecule has 3 heteroatoms. The second-order valence-corrected chi connectivity index (χ2v) is 15.3. The molecule has 2 aliphatic rings. The molecule has 3 heterocycles. The largest absolute Gasteiger partial charge is 0.488 e. The van der Waals surface area contributed by atoms with E-state index < -0.39 is 0 Å². The van der Waals surface area contributed by atoms with Crippen molar-refractivity contribution in [2.75, 3.05) is 6.61 Å². The van der Waals surface area contributed by atoms with E-state index in [1.165, 1.54) is 66.0 Å². The quantitative estimate of drug-likeness (QED) is 0.183. The Labute approximate surface area is 319 Å². The molecule has 0 spiro atoms. The van der Waals surface area contributed by atoms with Gasteiger partial charge in [0.15, 0.2) is 0 Å². The summed E-state index contributed by atoms with van der Waals surface area (Å²) in [7, 11) is 0. The maximum Gasteiger partial charge on any atom is 0.135 e. The van der Waals surface area contributed by atoms with Gasteiger partial charge in [-0.2, -0.15) is 0 Å². The Morgan fingerprint density at radius 2 is 1.31 bits per heavy atom. The van der Waals surface area contributed by atoms with Gasteiger partial charge in [0.25, 0.3) is 0 Å². The van der Waals surface area contributed by atoms with E-state index in [1.54, 1.807) is 0 Å². The summed E-state index contributed by atoms with van der Waals surface area (Å²) in [5.74, 6) is 0.847. The zero-order valence-corrected chi connectivity index (χ0v) is 30.8. The van der Waals surface area contributed by atoms with Gasteiger partial charge < -0.3 is 13.7 Å². The molecule has 9 aromatic rings. The minimum Gasteiger partial charge on any atom is -0.488 e. The molecule has 7 aromatic carbocycles. The van der Waals surface area contributed by atoms with Crippen molar-refractivity contribution >= 4 is 54.9 Å². The van der Waals surface area contributed by atoms with E-state index in [0.29, 0.717) is 6.61 Å². The van der Waals surface area contributed by atoms with Crippen molar-refractivity contribution in [2.24, 2.45) is 0 Å². The molecule has 0 radical (unpaired) electrons. The summed E-state index contributed by atoms with van der Waals surface area (Å²) in [6.45, 7) is 9.45. The summed E-state index contributed by atoms with van der Waals surface area (Å²) in [4.78, 5) is 0. The van der Waals surface area contributed by atoms with Crippen LogP contribution in [0.4, 0.5) is 0 Å². The normalized spacial score (nSPS) is 16.2. The number of aromatic nitrogens is 1. The van der Waals surface area contributed by atoms with Crippen molar-refractivity contribution in [3.05, 3.63) is 193 Å². The van der Waals surface area contributed by atoms with Crippen molar-refractivity contribution in [1.82, 2.24) is 4.57 Å². The first-order valence-corrected chi connectivity index (χ1v) is 19.0. The second kappa shape index (κ2) is 11.8. The first kappa shape index (κ1) is 31.7. The third-order valence-electron chi connectivity index (χ3n) is 11.8.